The predicted octanol–water partition coefficient (Wildman–Crippen LogP) is 0.363. The van der Waals surface area contributed by atoms with Crippen LogP contribution in [-0.4, -0.2) is 22.5 Å². The molecule has 13 heavy (non-hydrogen) atoms. The summed E-state index contributed by atoms with van der Waals surface area (Å²) in [6.07, 6.45) is 3.74. The van der Waals surface area contributed by atoms with Crippen molar-refractivity contribution in [2.75, 3.05) is 6.54 Å². The topological polar surface area (TPSA) is 61.1 Å². The minimum atomic E-state index is -0.207. The first-order valence-corrected chi connectivity index (χ1v) is 4.46. The summed E-state index contributed by atoms with van der Waals surface area (Å²) < 4.78 is 0. The summed E-state index contributed by atoms with van der Waals surface area (Å²) in [4.78, 5) is 12.5. The third-order valence-corrected chi connectivity index (χ3v) is 1.65. The maximum Gasteiger partial charge on any atom is 0.398 e. The molecule has 72 valence electrons. The van der Waals surface area contributed by atoms with Gasteiger partial charge in [0.1, 0.15) is 0 Å². The highest BCUT2D eigenvalue weighted by atomic mass is 16.2. The van der Waals surface area contributed by atoms with Crippen molar-refractivity contribution in [3.8, 4) is 0 Å². The molecular weight excluding hydrogens is 168 g/mol. The lowest BCUT2D eigenvalue weighted by Crippen LogP contribution is -2.37. The molecule has 1 amide bonds. The highest BCUT2D eigenvalue weighted by Gasteiger charge is 2.12. The number of rotatable bonds is 3. The van der Waals surface area contributed by atoms with E-state index in [-0.39, 0.29) is 6.03 Å². The first-order valence-electron chi connectivity index (χ1n) is 4.46. The van der Waals surface area contributed by atoms with Gasteiger partial charge in [-0.15, -0.1) is 0 Å². The summed E-state index contributed by atoms with van der Waals surface area (Å²) >= 11 is 0. The van der Waals surface area contributed by atoms with Gasteiger partial charge in [-0.3, -0.25) is 0 Å². The van der Waals surface area contributed by atoms with Crippen LogP contribution in [0.4, 0.5) is 4.79 Å². The molecule has 0 aromatic carbocycles. The zero-order valence-corrected chi connectivity index (χ0v) is 8.00. The fourth-order valence-electron chi connectivity index (χ4n) is 0.921. The summed E-state index contributed by atoms with van der Waals surface area (Å²) in [5.74, 6) is 0. The van der Waals surface area contributed by atoms with Crippen LogP contribution in [0.5, 0.6) is 0 Å². The minimum absolute atomic E-state index is 0.207. The van der Waals surface area contributed by atoms with Crippen molar-refractivity contribution in [3.05, 3.63) is 11.9 Å². The van der Waals surface area contributed by atoms with Gasteiger partial charge < -0.3 is 5.32 Å². The summed E-state index contributed by atoms with van der Waals surface area (Å²) in [7, 11) is 0. The molecule has 0 aliphatic heterocycles. The first kappa shape index (κ1) is 9.70. The Balaban J connectivity index is 2.40. The highest BCUT2D eigenvalue weighted by molar-refractivity contribution is 5.73. The van der Waals surface area contributed by atoms with E-state index in [2.05, 4.69) is 22.4 Å². The molecule has 0 unspecified atom stereocenters. The van der Waals surface area contributed by atoms with Crippen molar-refractivity contribution in [3.63, 3.8) is 0 Å². The summed E-state index contributed by atoms with van der Waals surface area (Å²) in [5.41, 5.74) is 0.797. The molecule has 0 saturated carbocycles. The number of aromatic nitrogens is 3. The van der Waals surface area contributed by atoms with E-state index in [4.69, 9.17) is 0 Å². The lowest BCUT2D eigenvalue weighted by atomic mass is 10.3. The number of carbonyl (C=O) groups is 1. The Hall–Kier alpha value is -1.39. The maximum atomic E-state index is 11.3. The first-order chi connectivity index (χ1) is 6.24. The van der Waals surface area contributed by atoms with Gasteiger partial charge in [0.25, 0.3) is 0 Å². The second-order valence-electron chi connectivity index (χ2n) is 2.91. The molecule has 0 spiro atoms. The van der Waals surface area contributed by atoms with Crippen LogP contribution in [-0.2, 0) is 0 Å². The van der Waals surface area contributed by atoms with Gasteiger partial charge in [-0.05, 0) is 6.42 Å². The Morgan fingerprint density at radius 2 is 2.54 bits per heavy atom. The van der Waals surface area contributed by atoms with E-state index >= 15 is 0 Å². The van der Waals surface area contributed by atoms with Crippen LogP contribution in [0.2, 0.25) is 0 Å². The van der Waals surface area contributed by atoms with E-state index in [1.807, 2.05) is 6.92 Å². The normalized spacial score (nSPS) is 10.0. The second kappa shape index (κ2) is 4.59. The number of nitrogens with zero attached hydrogens (tertiary/aromatic N) is 2. The number of nitrogens with one attached hydrogen (secondary N) is 2. The van der Waals surface area contributed by atoms with Gasteiger partial charge in [0.15, 0.2) is 6.20 Å². The maximum absolute atomic E-state index is 11.3. The molecule has 1 heterocycles. The van der Waals surface area contributed by atoms with Gasteiger partial charge in [0, 0.05) is 18.3 Å². The van der Waals surface area contributed by atoms with Crippen molar-refractivity contribution in [1.29, 1.82) is 0 Å². The average Bonchev–Trinajstić information content (AvgIpc) is 2.52. The standard InChI is InChI=1S/C8H14N4O/c1-3-4-5-9-8(13)12-10-6-7(2)11-12/h6H,3-5H2,1-2H3,(H,9,13)/p+1. The Morgan fingerprint density at radius 1 is 1.77 bits per heavy atom. The summed E-state index contributed by atoms with van der Waals surface area (Å²) in [5, 5.41) is 9.41. The number of amides is 1. The largest absolute Gasteiger partial charge is 0.398 e. The van der Waals surface area contributed by atoms with Crippen LogP contribution < -0.4 is 10.4 Å². The minimum Gasteiger partial charge on any atom is -0.332 e. The molecule has 0 bridgehead atoms. The molecular formula is C8H15N4O+. The number of aromatic amines is 1. The van der Waals surface area contributed by atoms with Crippen LogP contribution in [0.25, 0.3) is 0 Å². The second-order valence-corrected chi connectivity index (χ2v) is 2.91. The van der Waals surface area contributed by atoms with Crippen molar-refractivity contribution in [2.45, 2.75) is 26.7 Å². The summed E-state index contributed by atoms with van der Waals surface area (Å²) in [6, 6.07) is -0.207. The molecule has 5 nitrogen and oxygen atoms in total. The number of unbranched alkanes of at least 4 members (excludes halogenated alkanes) is 1. The van der Waals surface area contributed by atoms with Crippen molar-refractivity contribution >= 4 is 6.03 Å². The quantitative estimate of drug-likeness (QED) is 0.688. The Labute approximate surface area is 77.1 Å². The molecule has 0 radical (unpaired) electrons. The highest BCUT2D eigenvalue weighted by Crippen LogP contribution is 1.85. The third-order valence-electron chi connectivity index (χ3n) is 1.65. The lowest BCUT2D eigenvalue weighted by molar-refractivity contribution is -0.478. The molecule has 0 aliphatic carbocycles. The Kier molecular flexibility index (Phi) is 3.42. The van der Waals surface area contributed by atoms with Gasteiger partial charge in [-0.2, -0.15) is 5.10 Å². The zero-order valence-electron chi connectivity index (χ0n) is 8.00. The number of H-pyrrole nitrogens is 1. The fraction of sp³-hybridized carbons (Fsp3) is 0.625. The van der Waals surface area contributed by atoms with E-state index in [0.29, 0.717) is 6.54 Å². The third kappa shape index (κ3) is 2.85. The fourth-order valence-corrected chi connectivity index (χ4v) is 0.921. The van der Waals surface area contributed by atoms with E-state index in [0.717, 1.165) is 18.5 Å². The van der Waals surface area contributed by atoms with Crippen LogP contribution in [0, 0.1) is 6.92 Å². The van der Waals surface area contributed by atoms with Crippen LogP contribution in [0.1, 0.15) is 25.5 Å². The Bertz CT molecular complexity index is 281. The van der Waals surface area contributed by atoms with Crippen LogP contribution >= 0.6 is 0 Å². The van der Waals surface area contributed by atoms with Gasteiger partial charge >= 0.3 is 6.03 Å². The Morgan fingerprint density at radius 3 is 3.08 bits per heavy atom. The van der Waals surface area contributed by atoms with E-state index in [1.54, 1.807) is 6.20 Å². The van der Waals surface area contributed by atoms with Crippen LogP contribution in [0.15, 0.2) is 6.20 Å². The zero-order chi connectivity index (χ0) is 9.68. The van der Waals surface area contributed by atoms with Gasteiger partial charge in [0.05, 0.1) is 5.10 Å². The molecule has 0 saturated heterocycles. The summed E-state index contributed by atoms with van der Waals surface area (Å²) in [6.45, 7) is 4.60. The number of hydrogen-bond donors (Lipinski definition) is 1. The van der Waals surface area contributed by atoms with Crippen molar-refractivity contribution in [1.82, 2.24) is 15.2 Å². The SMILES string of the molecule is CCCCNC(=O)n1nc(C)c[nH+]1. The van der Waals surface area contributed by atoms with Crippen LogP contribution in [0.3, 0.4) is 0 Å². The van der Waals surface area contributed by atoms with E-state index in [9.17, 15) is 4.79 Å². The molecule has 0 fully saturated rings. The van der Waals surface area contributed by atoms with E-state index in [1.165, 1.54) is 4.80 Å². The smallest absolute Gasteiger partial charge is 0.332 e. The molecule has 1 aromatic heterocycles. The van der Waals surface area contributed by atoms with Crippen molar-refractivity contribution in [2.24, 2.45) is 0 Å². The molecule has 5 heteroatoms. The van der Waals surface area contributed by atoms with Gasteiger partial charge in [0.2, 0.25) is 5.69 Å². The molecule has 0 aliphatic rings. The average molecular weight is 183 g/mol. The predicted molar refractivity (Wildman–Crippen MR) is 47.2 cm³/mol. The number of hydrogen-bond acceptors (Lipinski definition) is 2. The lowest BCUT2D eigenvalue weighted by Gasteiger charge is -1.97. The monoisotopic (exact) mass is 183 g/mol. The van der Waals surface area contributed by atoms with E-state index < -0.39 is 0 Å². The molecule has 1 aromatic rings. The molecule has 1 rings (SSSR count). The molecule has 2 N–H and O–H groups in total. The van der Waals surface area contributed by atoms with Crippen molar-refractivity contribution < 1.29 is 9.89 Å². The van der Waals surface area contributed by atoms with Gasteiger partial charge in [-0.1, -0.05) is 13.3 Å². The molecule has 0 atom stereocenters. The number of aryl methyl sites for hydroxylation is 1. The van der Waals surface area contributed by atoms with Gasteiger partial charge in [-0.25, -0.2) is 4.79 Å². The number of carbonyl (C=O) groups excluding carboxylic acids is 1.